The Labute approximate surface area is 159 Å². The number of pyridine rings is 1. The third-order valence-corrected chi connectivity index (χ3v) is 5.95. The van der Waals surface area contributed by atoms with Crippen molar-refractivity contribution in [2.24, 2.45) is 0 Å². The fourth-order valence-corrected chi connectivity index (χ4v) is 4.60. The van der Waals surface area contributed by atoms with Crippen LogP contribution in [0.25, 0.3) is 0 Å². The molecule has 4 heterocycles. The third-order valence-electron chi connectivity index (χ3n) is 5.95. The Hall–Kier alpha value is -2.60. The molecular formula is C21H25N5O. The lowest BCUT2D eigenvalue weighted by molar-refractivity contribution is 0.196. The summed E-state index contributed by atoms with van der Waals surface area (Å²) in [5.41, 5.74) is 4.83. The number of rotatable bonds is 3. The first-order valence-electron chi connectivity index (χ1n) is 9.87. The van der Waals surface area contributed by atoms with E-state index in [9.17, 15) is 4.79 Å². The Morgan fingerprint density at radius 3 is 2.74 bits per heavy atom. The number of likely N-dealkylation sites (tertiary alicyclic amines) is 1. The predicted molar refractivity (Wildman–Crippen MR) is 106 cm³/mol. The number of nitrogens with zero attached hydrogens (tertiary/aromatic N) is 3. The van der Waals surface area contributed by atoms with Gasteiger partial charge in [0, 0.05) is 56.1 Å². The molecule has 1 aromatic heterocycles. The Morgan fingerprint density at radius 1 is 1.11 bits per heavy atom. The number of urea groups is 1. The molecule has 0 aliphatic carbocycles. The second-order valence-electron chi connectivity index (χ2n) is 7.66. The van der Waals surface area contributed by atoms with Crippen LogP contribution in [0.1, 0.15) is 29.5 Å². The average molecular weight is 363 g/mol. The van der Waals surface area contributed by atoms with Gasteiger partial charge < -0.3 is 10.6 Å². The van der Waals surface area contributed by atoms with Crippen molar-refractivity contribution < 1.29 is 4.79 Å². The van der Waals surface area contributed by atoms with Crippen LogP contribution in [0.4, 0.5) is 16.3 Å². The second kappa shape index (κ2) is 6.85. The van der Waals surface area contributed by atoms with E-state index in [4.69, 9.17) is 0 Å². The van der Waals surface area contributed by atoms with Crippen LogP contribution in [0.15, 0.2) is 36.5 Å². The van der Waals surface area contributed by atoms with Gasteiger partial charge in [0.2, 0.25) is 0 Å². The molecule has 0 unspecified atom stereocenters. The topological polar surface area (TPSA) is 60.5 Å². The van der Waals surface area contributed by atoms with Gasteiger partial charge in [0.1, 0.15) is 5.82 Å². The van der Waals surface area contributed by atoms with E-state index in [1.54, 1.807) is 0 Å². The van der Waals surface area contributed by atoms with Gasteiger partial charge in [-0.05, 0) is 24.8 Å². The molecule has 27 heavy (non-hydrogen) atoms. The number of nitrogens with one attached hydrogen (secondary N) is 2. The van der Waals surface area contributed by atoms with E-state index >= 15 is 0 Å². The number of hydrogen-bond acceptors (Lipinski definition) is 4. The lowest BCUT2D eigenvalue weighted by atomic mass is 9.98. The number of hydrogen-bond donors (Lipinski definition) is 2. The molecule has 5 rings (SSSR count). The van der Waals surface area contributed by atoms with Crippen LogP contribution in [0.2, 0.25) is 0 Å². The molecule has 6 nitrogen and oxygen atoms in total. The van der Waals surface area contributed by atoms with Crippen LogP contribution in [0.5, 0.6) is 0 Å². The molecule has 3 aliphatic heterocycles. The van der Waals surface area contributed by atoms with Crippen LogP contribution < -0.4 is 15.5 Å². The first-order chi connectivity index (χ1) is 13.3. The molecule has 0 spiro atoms. The van der Waals surface area contributed by atoms with Crippen molar-refractivity contribution in [2.75, 3.05) is 29.9 Å². The van der Waals surface area contributed by atoms with Gasteiger partial charge in [-0.25, -0.2) is 9.78 Å². The molecule has 140 valence electrons. The maximum absolute atomic E-state index is 12.8. The minimum absolute atomic E-state index is 0.0457. The van der Waals surface area contributed by atoms with Gasteiger partial charge in [-0.1, -0.05) is 30.3 Å². The Morgan fingerprint density at radius 2 is 1.93 bits per heavy atom. The SMILES string of the molecule is O=C1NCc2cnc3c(c2N1C1CCN(Cc2ccccc2)CC1)CCN3. The Kier molecular flexibility index (Phi) is 4.20. The van der Waals surface area contributed by atoms with E-state index in [0.717, 1.165) is 62.5 Å². The van der Waals surface area contributed by atoms with E-state index in [0.29, 0.717) is 6.54 Å². The van der Waals surface area contributed by atoms with Gasteiger partial charge in [0.05, 0.1) is 5.69 Å². The lowest BCUT2D eigenvalue weighted by Crippen LogP contribution is -2.53. The molecule has 1 fully saturated rings. The van der Waals surface area contributed by atoms with E-state index in [1.807, 2.05) is 11.1 Å². The van der Waals surface area contributed by atoms with Crippen LogP contribution in [0, 0.1) is 0 Å². The Balaban J connectivity index is 1.34. The second-order valence-corrected chi connectivity index (χ2v) is 7.66. The molecule has 0 bridgehead atoms. The standard InChI is InChI=1S/C21H25N5O/c27-21-24-13-16-12-23-20-18(6-9-22-20)19(16)26(21)17-7-10-25(11-8-17)14-15-4-2-1-3-5-15/h1-5,12,17H,6-11,13-14H2,(H,22,23)(H,24,27). The van der Waals surface area contributed by atoms with Crippen molar-refractivity contribution in [3.05, 3.63) is 53.2 Å². The predicted octanol–water partition coefficient (Wildman–Crippen LogP) is 2.74. The normalized spacial score (nSPS) is 20.0. The molecule has 1 aromatic carbocycles. The van der Waals surface area contributed by atoms with E-state index in [-0.39, 0.29) is 12.1 Å². The minimum Gasteiger partial charge on any atom is -0.369 e. The molecule has 2 N–H and O–H groups in total. The number of anilines is 2. The van der Waals surface area contributed by atoms with E-state index < -0.39 is 0 Å². The largest absolute Gasteiger partial charge is 0.369 e. The lowest BCUT2D eigenvalue weighted by Gasteiger charge is -2.41. The molecule has 2 amide bonds. The monoisotopic (exact) mass is 363 g/mol. The van der Waals surface area contributed by atoms with Crippen LogP contribution in [0.3, 0.4) is 0 Å². The summed E-state index contributed by atoms with van der Waals surface area (Å²) < 4.78 is 0. The molecule has 2 aromatic rings. The van der Waals surface area contributed by atoms with Crippen LogP contribution >= 0.6 is 0 Å². The maximum Gasteiger partial charge on any atom is 0.322 e. The first kappa shape index (κ1) is 16.6. The summed E-state index contributed by atoms with van der Waals surface area (Å²) in [7, 11) is 0. The van der Waals surface area contributed by atoms with Gasteiger partial charge in [-0.15, -0.1) is 0 Å². The highest BCUT2D eigenvalue weighted by Gasteiger charge is 2.36. The average Bonchev–Trinajstić information content (AvgIpc) is 3.19. The summed E-state index contributed by atoms with van der Waals surface area (Å²) >= 11 is 0. The molecule has 0 atom stereocenters. The number of amides is 2. The summed E-state index contributed by atoms with van der Waals surface area (Å²) in [6.45, 7) is 4.51. The van der Waals surface area contributed by atoms with Gasteiger partial charge in [-0.3, -0.25) is 9.80 Å². The summed E-state index contributed by atoms with van der Waals surface area (Å²) in [6.07, 6.45) is 4.88. The van der Waals surface area contributed by atoms with Gasteiger partial charge in [0.25, 0.3) is 0 Å². The molecule has 1 saturated heterocycles. The van der Waals surface area contributed by atoms with Crippen molar-refractivity contribution in [1.82, 2.24) is 15.2 Å². The summed E-state index contributed by atoms with van der Waals surface area (Å²) in [4.78, 5) is 21.9. The molecule has 0 saturated carbocycles. The summed E-state index contributed by atoms with van der Waals surface area (Å²) in [5, 5.41) is 6.39. The number of fused-ring (bicyclic) bond motifs is 3. The zero-order valence-electron chi connectivity index (χ0n) is 15.4. The van der Waals surface area contributed by atoms with Crippen molar-refractivity contribution in [3.8, 4) is 0 Å². The zero-order chi connectivity index (χ0) is 18.2. The minimum atomic E-state index is 0.0457. The number of carbonyl (C=O) groups excluding carboxylic acids is 1. The van der Waals surface area contributed by atoms with Gasteiger partial charge in [0.15, 0.2) is 0 Å². The highest BCUT2D eigenvalue weighted by Crippen LogP contribution is 2.38. The first-order valence-corrected chi connectivity index (χ1v) is 9.87. The van der Waals surface area contributed by atoms with Crippen LogP contribution in [-0.4, -0.2) is 41.6 Å². The van der Waals surface area contributed by atoms with E-state index in [2.05, 4.69) is 50.8 Å². The van der Waals surface area contributed by atoms with Crippen molar-refractivity contribution in [1.29, 1.82) is 0 Å². The van der Waals surface area contributed by atoms with E-state index in [1.165, 1.54) is 11.1 Å². The molecular weight excluding hydrogens is 338 g/mol. The molecule has 3 aliphatic rings. The zero-order valence-corrected chi connectivity index (χ0v) is 15.4. The highest BCUT2D eigenvalue weighted by atomic mass is 16.2. The van der Waals surface area contributed by atoms with Crippen molar-refractivity contribution in [2.45, 2.75) is 38.4 Å². The fourth-order valence-electron chi connectivity index (χ4n) is 4.60. The molecule has 0 radical (unpaired) electrons. The maximum atomic E-state index is 12.8. The number of carbonyl (C=O) groups is 1. The van der Waals surface area contributed by atoms with Gasteiger partial charge >= 0.3 is 6.03 Å². The fraction of sp³-hybridized carbons (Fsp3) is 0.429. The summed E-state index contributed by atoms with van der Waals surface area (Å²) in [6, 6.07) is 10.9. The highest BCUT2D eigenvalue weighted by molar-refractivity contribution is 5.97. The third kappa shape index (κ3) is 3.04. The Bertz CT molecular complexity index is 845. The number of aromatic nitrogens is 1. The van der Waals surface area contributed by atoms with Crippen molar-refractivity contribution in [3.63, 3.8) is 0 Å². The smallest absolute Gasteiger partial charge is 0.322 e. The van der Waals surface area contributed by atoms with Gasteiger partial charge in [-0.2, -0.15) is 0 Å². The van der Waals surface area contributed by atoms with Crippen molar-refractivity contribution >= 4 is 17.5 Å². The summed E-state index contributed by atoms with van der Waals surface area (Å²) in [5.74, 6) is 0.954. The number of piperidine rings is 1. The quantitative estimate of drug-likeness (QED) is 0.880. The molecule has 6 heteroatoms. The van der Waals surface area contributed by atoms with Crippen LogP contribution in [-0.2, 0) is 19.5 Å². The number of benzene rings is 1.